The van der Waals surface area contributed by atoms with E-state index in [2.05, 4.69) is 32.5 Å². The van der Waals surface area contributed by atoms with Crippen molar-refractivity contribution in [2.24, 2.45) is 0 Å². The number of nitrogens with zero attached hydrogens (tertiary/aromatic N) is 5. The number of piperazine rings is 1. The van der Waals surface area contributed by atoms with Crippen molar-refractivity contribution in [2.75, 3.05) is 32.7 Å². The number of carbonyl (C=O) groups excluding carboxylic acids is 1. The van der Waals surface area contributed by atoms with Crippen LogP contribution in [0.4, 0.5) is 4.39 Å². The van der Waals surface area contributed by atoms with Crippen molar-refractivity contribution in [3.05, 3.63) is 75.8 Å². The molecule has 4 aromatic rings. The quantitative estimate of drug-likeness (QED) is 0.427. The van der Waals surface area contributed by atoms with Gasteiger partial charge in [-0.05, 0) is 47.5 Å². The lowest BCUT2D eigenvalue weighted by atomic mass is 10.2. The molecule has 5 rings (SSSR count). The highest BCUT2D eigenvalue weighted by Gasteiger charge is 2.27. The summed E-state index contributed by atoms with van der Waals surface area (Å²) in [4.78, 5) is 24.2. The second kappa shape index (κ2) is 9.32. The predicted octanol–water partition coefficient (Wildman–Crippen LogP) is 4.20. The molecule has 1 aliphatic rings. The van der Waals surface area contributed by atoms with Gasteiger partial charge in [0, 0.05) is 37.6 Å². The molecule has 32 heavy (non-hydrogen) atoms. The molecule has 1 saturated heterocycles. The van der Waals surface area contributed by atoms with E-state index in [4.69, 9.17) is 0 Å². The Morgan fingerprint density at radius 1 is 1.00 bits per heavy atom. The number of aromatic nitrogens is 3. The Morgan fingerprint density at radius 2 is 1.81 bits per heavy atom. The van der Waals surface area contributed by atoms with Crippen LogP contribution in [0.5, 0.6) is 0 Å². The minimum absolute atomic E-state index is 0.143. The summed E-state index contributed by atoms with van der Waals surface area (Å²) in [6.07, 6.45) is 1.04. The van der Waals surface area contributed by atoms with E-state index in [0.29, 0.717) is 24.6 Å². The number of carbonyl (C=O) groups is 1. The Balaban J connectivity index is 1.31. The number of halogens is 1. The van der Waals surface area contributed by atoms with Gasteiger partial charge in [-0.25, -0.2) is 14.1 Å². The van der Waals surface area contributed by atoms with E-state index in [-0.39, 0.29) is 17.5 Å². The predicted molar refractivity (Wildman–Crippen MR) is 125 cm³/mol. The molecule has 1 fully saturated rings. The fourth-order valence-electron chi connectivity index (χ4n) is 3.79. The second-order valence-electron chi connectivity index (χ2n) is 7.59. The Morgan fingerprint density at radius 3 is 2.53 bits per heavy atom. The Kier molecular flexibility index (Phi) is 6.11. The van der Waals surface area contributed by atoms with Crippen LogP contribution in [0.3, 0.4) is 0 Å². The van der Waals surface area contributed by atoms with Crippen LogP contribution in [0.2, 0.25) is 0 Å². The number of benzene rings is 1. The first-order valence-corrected chi connectivity index (χ1v) is 12.2. The van der Waals surface area contributed by atoms with E-state index >= 15 is 0 Å². The van der Waals surface area contributed by atoms with E-state index in [9.17, 15) is 9.18 Å². The van der Waals surface area contributed by atoms with Crippen LogP contribution in [0, 0.1) is 5.82 Å². The second-order valence-corrected chi connectivity index (χ2v) is 9.57. The van der Waals surface area contributed by atoms with Gasteiger partial charge in [0.15, 0.2) is 5.82 Å². The lowest BCUT2D eigenvalue weighted by Gasteiger charge is -2.34. The Hall–Kier alpha value is -2.88. The number of hydrogen-bond donors (Lipinski definition) is 0. The minimum Gasteiger partial charge on any atom is -0.333 e. The lowest BCUT2D eigenvalue weighted by Crippen LogP contribution is -2.49. The SMILES string of the molecule is O=C(c1nc(-c2cccs2)n(-c2cccc(F)c2)n1)N1CCN(CCc2cccs2)CC1. The maximum Gasteiger partial charge on any atom is 0.293 e. The van der Waals surface area contributed by atoms with Crippen LogP contribution >= 0.6 is 22.7 Å². The zero-order valence-corrected chi connectivity index (χ0v) is 19.0. The van der Waals surface area contributed by atoms with E-state index < -0.39 is 0 Å². The summed E-state index contributed by atoms with van der Waals surface area (Å²) in [5.74, 6) is 0.144. The summed E-state index contributed by atoms with van der Waals surface area (Å²) in [6, 6.07) is 14.2. The maximum absolute atomic E-state index is 13.8. The molecule has 0 bridgehead atoms. The zero-order valence-electron chi connectivity index (χ0n) is 17.4. The average Bonchev–Trinajstić information content (AvgIpc) is 3.59. The average molecular weight is 468 g/mol. The van der Waals surface area contributed by atoms with Gasteiger partial charge in [-0.15, -0.1) is 27.8 Å². The molecule has 0 aliphatic carbocycles. The highest BCUT2D eigenvalue weighted by Crippen LogP contribution is 2.26. The lowest BCUT2D eigenvalue weighted by molar-refractivity contribution is 0.0627. The van der Waals surface area contributed by atoms with Gasteiger partial charge in [0.1, 0.15) is 5.82 Å². The van der Waals surface area contributed by atoms with Crippen molar-refractivity contribution in [3.8, 4) is 16.4 Å². The van der Waals surface area contributed by atoms with Crippen molar-refractivity contribution in [2.45, 2.75) is 6.42 Å². The summed E-state index contributed by atoms with van der Waals surface area (Å²) < 4.78 is 15.4. The first-order valence-electron chi connectivity index (χ1n) is 10.5. The number of amides is 1. The highest BCUT2D eigenvalue weighted by molar-refractivity contribution is 7.13. The molecule has 1 aliphatic heterocycles. The first-order chi connectivity index (χ1) is 15.7. The van der Waals surface area contributed by atoms with Crippen LogP contribution in [0.1, 0.15) is 15.5 Å². The van der Waals surface area contributed by atoms with Crippen LogP contribution in [-0.2, 0) is 6.42 Å². The molecule has 1 aromatic carbocycles. The highest BCUT2D eigenvalue weighted by atomic mass is 32.1. The zero-order chi connectivity index (χ0) is 21.9. The van der Waals surface area contributed by atoms with Crippen molar-refractivity contribution < 1.29 is 9.18 Å². The normalized spacial score (nSPS) is 14.7. The summed E-state index contributed by atoms with van der Waals surface area (Å²) >= 11 is 3.29. The van der Waals surface area contributed by atoms with Gasteiger partial charge in [0.2, 0.25) is 5.82 Å². The van der Waals surface area contributed by atoms with Gasteiger partial charge in [-0.2, -0.15) is 0 Å². The fraction of sp³-hybridized carbons (Fsp3) is 0.261. The van der Waals surface area contributed by atoms with Crippen LogP contribution < -0.4 is 0 Å². The molecule has 4 heterocycles. The van der Waals surface area contributed by atoms with Crippen molar-refractivity contribution in [3.63, 3.8) is 0 Å². The third-order valence-electron chi connectivity index (χ3n) is 5.51. The smallest absolute Gasteiger partial charge is 0.293 e. The maximum atomic E-state index is 13.8. The molecule has 0 unspecified atom stereocenters. The summed E-state index contributed by atoms with van der Waals surface area (Å²) in [6.45, 7) is 3.95. The fourth-order valence-corrected chi connectivity index (χ4v) is 5.19. The molecular weight excluding hydrogens is 445 g/mol. The molecule has 0 atom stereocenters. The molecule has 164 valence electrons. The van der Waals surface area contributed by atoms with Crippen molar-refractivity contribution in [1.29, 1.82) is 0 Å². The topological polar surface area (TPSA) is 54.3 Å². The van der Waals surface area contributed by atoms with Gasteiger partial charge in [0.05, 0.1) is 10.6 Å². The summed E-state index contributed by atoms with van der Waals surface area (Å²) in [7, 11) is 0. The minimum atomic E-state index is -0.360. The molecular formula is C23H22FN5OS2. The van der Waals surface area contributed by atoms with Gasteiger partial charge in [0.25, 0.3) is 5.91 Å². The monoisotopic (exact) mass is 467 g/mol. The van der Waals surface area contributed by atoms with Crippen LogP contribution in [0.15, 0.2) is 59.3 Å². The third kappa shape index (κ3) is 4.50. The van der Waals surface area contributed by atoms with Gasteiger partial charge < -0.3 is 4.90 Å². The summed E-state index contributed by atoms with van der Waals surface area (Å²) in [5, 5.41) is 8.53. The molecule has 0 saturated carbocycles. The largest absolute Gasteiger partial charge is 0.333 e. The third-order valence-corrected chi connectivity index (χ3v) is 7.31. The Bertz CT molecular complexity index is 1180. The first kappa shape index (κ1) is 21.0. The van der Waals surface area contributed by atoms with E-state index in [1.54, 1.807) is 28.2 Å². The number of hydrogen-bond acceptors (Lipinski definition) is 6. The summed E-state index contributed by atoms with van der Waals surface area (Å²) in [5.41, 5.74) is 0.540. The van der Waals surface area contributed by atoms with Gasteiger partial charge in [-0.3, -0.25) is 9.69 Å². The number of thiophene rings is 2. The van der Waals surface area contributed by atoms with Gasteiger partial charge in [-0.1, -0.05) is 18.2 Å². The van der Waals surface area contributed by atoms with Gasteiger partial charge >= 0.3 is 0 Å². The Labute approximate surface area is 193 Å². The van der Waals surface area contributed by atoms with E-state index in [1.165, 1.54) is 28.3 Å². The van der Waals surface area contributed by atoms with Crippen LogP contribution in [0.25, 0.3) is 16.4 Å². The van der Waals surface area contributed by atoms with Crippen molar-refractivity contribution in [1.82, 2.24) is 24.6 Å². The number of rotatable bonds is 6. The molecule has 0 N–H and O–H groups in total. The molecule has 6 nitrogen and oxygen atoms in total. The molecule has 9 heteroatoms. The van der Waals surface area contributed by atoms with E-state index in [0.717, 1.165) is 30.9 Å². The molecule has 3 aromatic heterocycles. The standard InChI is InChI=1S/C23H22FN5OS2/c24-17-4-1-5-18(16-17)29-22(20-7-3-15-32-20)25-21(26-29)23(30)28-12-10-27(11-13-28)9-8-19-6-2-14-31-19/h1-7,14-16H,8-13H2. The molecule has 0 radical (unpaired) electrons. The molecule has 0 spiro atoms. The molecule has 1 amide bonds. The van der Waals surface area contributed by atoms with Crippen LogP contribution in [-0.4, -0.2) is 63.2 Å². The van der Waals surface area contributed by atoms with E-state index in [1.807, 2.05) is 22.4 Å². The van der Waals surface area contributed by atoms with Crippen molar-refractivity contribution >= 4 is 28.6 Å².